The van der Waals surface area contributed by atoms with Crippen molar-refractivity contribution in [2.75, 3.05) is 0 Å². The van der Waals surface area contributed by atoms with Crippen molar-refractivity contribution >= 4 is 45.5 Å². The highest BCUT2D eigenvalue weighted by atomic mass is 32.2. The number of carbonyl (C=O) groups excluding carboxylic acids is 1. The van der Waals surface area contributed by atoms with E-state index in [-0.39, 0.29) is 17.1 Å². The molecule has 0 saturated carbocycles. The van der Waals surface area contributed by atoms with E-state index >= 15 is 0 Å². The lowest BCUT2D eigenvalue weighted by Gasteiger charge is -2.19. The number of nitro groups is 1. The van der Waals surface area contributed by atoms with Crippen LogP contribution in [0.5, 0.6) is 0 Å². The maximum Gasteiger partial charge on any atom is 0.283 e. The van der Waals surface area contributed by atoms with Gasteiger partial charge in [-0.3, -0.25) is 20.3 Å². The van der Waals surface area contributed by atoms with Gasteiger partial charge in [0.25, 0.3) is 11.6 Å². The van der Waals surface area contributed by atoms with Crippen molar-refractivity contribution in [1.29, 1.82) is 5.41 Å². The number of amides is 1. The molecule has 1 aromatic heterocycles. The number of thioether (sulfide) groups is 1. The van der Waals surface area contributed by atoms with E-state index in [1.807, 2.05) is 0 Å². The van der Waals surface area contributed by atoms with Gasteiger partial charge in [0.15, 0.2) is 5.84 Å². The van der Waals surface area contributed by atoms with Crippen LogP contribution in [-0.4, -0.2) is 31.9 Å². The monoisotopic (exact) mass is 465 g/mol. The number of fused-ring (bicyclic) bond motifs is 1. The molecule has 33 heavy (non-hydrogen) atoms. The zero-order valence-corrected chi connectivity index (χ0v) is 18.9. The van der Waals surface area contributed by atoms with Gasteiger partial charge in [-0.05, 0) is 48.9 Å². The molecule has 1 aromatic carbocycles. The molecule has 0 spiro atoms. The minimum Gasteiger partial charge on any atom is -0.456 e. The smallest absolute Gasteiger partial charge is 0.283 e. The molecule has 0 atom stereocenters. The van der Waals surface area contributed by atoms with Gasteiger partial charge in [-0.1, -0.05) is 44.7 Å². The summed E-state index contributed by atoms with van der Waals surface area (Å²) in [4.78, 5) is 27.5. The van der Waals surface area contributed by atoms with E-state index in [9.17, 15) is 14.9 Å². The molecule has 2 aliphatic heterocycles. The summed E-state index contributed by atoms with van der Waals surface area (Å²) >= 11 is 1.33. The Morgan fingerprint density at radius 2 is 1.97 bits per heavy atom. The molecule has 9 nitrogen and oxygen atoms in total. The molecule has 0 fully saturated rings. The lowest BCUT2D eigenvalue weighted by atomic mass is 10.1. The average molecular weight is 466 g/mol. The third-order valence-corrected chi connectivity index (χ3v) is 6.24. The van der Waals surface area contributed by atoms with E-state index in [2.05, 4.69) is 17.0 Å². The fourth-order valence-corrected chi connectivity index (χ4v) is 4.50. The fraction of sp³-hybridized carbons (Fsp3) is 0.304. The van der Waals surface area contributed by atoms with E-state index in [4.69, 9.17) is 9.83 Å². The van der Waals surface area contributed by atoms with Gasteiger partial charge in [0, 0.05) is 6.07 Å². The molecule has 3 heterocycles. The van der Waals surface area contributed by atoms with Gasteiger partial charge in [0.2, 0.25) is 5.17 Å². The van der Waals surface area contributed by atoms with Crippen molar-refractivity contribution in [2.45, 2.75) is 45.4 Å². The van der Waals surface area contributed by atoms with Gasteiger partial charge in [-0.25, -0.2) is 0 Å². The number of nitrogens with one attached hydrogen (secondary N) is 1. The first-order chi connectivity index (χ1) is 16.0. The predicted molar refractivity (Wildman–Crippen MR) is 129 cm³/mol. The van der Waals surface area contributed by atoms with Crippen LogP contribution in [-0.2, 0) is 4.79 Å². The van der Waals surface area contributed by atoms with Gasteiger partial charge in [-0.15, -0.1) is 0 Å². The van der Waals surface area contributed by atoms with E-state index in [1.54, 1.807) is 30.3 Å². The van der Waals surface area contributed by atoms with E-state index in [1.165, 1.54) is 48.2 Å². The van der Waals surface area contributed by atoms with Gasteiger partial charge >= 0.3 is 0 Å². The Morgan fingerprint density at radius 1 is 1.18 bits per heavy atom. The first kappa shape index (κ1) is 22.7. The van der Waals surface area contributed by atoms with Crippen LogP contribution in [0.25, 0.3) is 17.4 Å². The van der Waals surface area contributed by atoms with Crippen molar-refractivity contribution in [3.8, 4) is 11.3 Å². The molecule has 1 amide bonds. The zero-order valence-electron chi connectivity index (χ0n) is 18.1. The molecule has 170 valence electrons. The standard InChI is InChI=1S/C23H23N5O4S/c1-2-3-4-5-6-11-20-26-27-21(24)17(22(29)25-23(27)33-20)14-15-12-13-19(32-15)16-9-7-8-10-18(16)28(30)31/h7-10,12-14,24H,2-6,11H2,1H3. The Labute approximate surface area is 194 Å². The maximum atomic E-state index is 12.6. The number of benzene rings is 1. The number of nitro benzene ring substituents is 1. The molecule has 0 unspecified atom stereocenters. The second kappa shape index (κ2) is 9.95. The summed E-state index contributed by atoms with van der Waals surface area (Å²) in [7, 11) is 0. The fourth-order valence-electron chi connectivity index (χ4n) is 3.57. The molecule has 0 saturated heterocycles. The molecule has 0 aliphatic carbocycles. The first-order valence-electron chi connectivity index (χ1n) is 10.8. The van der Waals surface area contributed by atoms with Crippen LogP contribution in [0.3, 0.4) is 0 Å². The third-order valence-electron chi connectivity index (χ3n) is 5.27. The van der Waals surface area contributed by atoms with Crippen LogP contribution in [0.2, 0.25) is 0 Å². The number of hydrogen-bond donors (Lipinski definition) is 1. The number of rotatable bonds is 9. The summed E-state index contributed by atoms with van der Waals surface area (Å²) in [6.45, 7) is 2.18. The van der Waals surface area contributed by atoms with Crippen molar-refractivity contribution in [3.63, 3.8) is 0 Å². The molecule has 10 heteroatoms. The number of carbonyl (C=O) groups is 1. The minimum atomic E-state index is -0.540. The number of aliphatic imine (C=N–C) groups is 1. The molecule has 0 bridgehead atoms. The average Bonchev–Trinajstić information content (AvgIpc) is 3.43. The number of para-hydroxylation sites is 1. The minimum absolute atomic E-state index is 0.0516. The summed E-state index contributed by atoms with van der Waals surface area (Å²) < 4.78 is 5.74. The normalized spacial score (nSPS) is 16.8. The summed E-state index contributed by atoms with van der Waals surface area (Å²) in [6.07, 6.45) is 7.96. The van der Waals surface area contributed by atoms with Crippen molar-refractivity contribution < 1.29 is 14.1 Å². The van der Waals surface area contributed by atoms with Crippen LogP contribution in [0.4, 0.5) is 5.69 Å². The number of unbranched alkanes of at least 4 members (excludes halogenated alkanes) is 4. The molecular weight excluding hydrogens is 442 g/mol. The topological polar surface area (TPSA) is 125 Å². The van der Waals surface area contributed by atoms with E-state index in [0.717, 1.165) is 24.3 Å². The zero-order chi connectivity index (χ0) is 23.4. The first-order valence-corrected chi connectivity index (χ1v) is 11.6. The third kappa shape index (κ3) is 4.95. The van der Waals surface area contributed by atoms with E-state index < -0.39 is 10.8 Å². The number of hydrazone groups is 1. The van der Waals surface area contributed by atoms with Crippen LogP contribution in [0, 0.1) is 15.5 Å². The van der Waals surface area contributed by atoms with E-state index in [0.29, 0.717) is 22.3 Å². The van der Waals surface area contributed by atoms with Crippen molar-refractivity contribution in [1.82, 2.24) is 5.01 Å². The largest absolute Gasteiger partial charge is 0.456 e. The molecule has 2 aliphatic rings. The highest BCUT2D eigenvalue weighted by molar-refractivity contribution is 8.26. The van der Waals surface area contributed by atoms with Gasteiger partial charge in [0.05, 0.1) is 16.1 Å². The molecular formula is C23H23N5O4S. The Hall–Kier alpha value is -3.53. The highest BCUT2D eigenvalue weighted by Gasteiger charge is 2.35. The molecule has 0 radical (unpaired) electrons. The van der Waals surface area contributed by atoms with Gasteiger partial charge in [0.1, 0.15) is 16.6 Å². The number of amidine groups is 2. The van der Waals surface area contributed by atoms with Crippen molar-refractivity contribution in [3.05, 3.63) is 57.8 Å². The lowest BCUT2D eigenvalue weighted by Crippen LogP contribution is -2.35. The highest BCUT2D eigenvalue weighted by Crippen LogP contribution is 2.33. The summed E-state index contributed by atoms with van der Waals surface area (Å²) in [5, 5.41) is 26.9. The number of furan rings is 1. The number of nitrogens with zero attached hydrogens (tertiary/aromatic N) is 4. The van der Waals surface area contributed by atoms with Crippen LogP contribution < -0.4 is 0 Å². The van der Waals surface area contributed by atoms with Gasteiger partial charge in [-0.2, -0.15) is 15.1 Å². The summed E-state index contributed by atoms with van der Waals surface area (Å²) in [5.41, 5.74) is 0.310. The summed E-state index contributed by atoms with van der Waals surface area (Å²) in [6, 6.07) is 9.46. The molecule has 1 N–H and O–H groups in total. The Bertz CT molecular complexity index is 1200. The van der Waals surface area contributed by atoms with Gasteiger partial charge < -0.3 is 4.42 Å². The lowest BCUT2D eigenvalue weighted by molar-refractivity contribution is -0.384. The van der Waals surface area contributed by atoms with Crippen molar-refractivity contribution in [2.24, 2.45) is 10.1 Å². The maximum absolute atomic E-state index is 12.6. The second-order valence-electron chi connectivity index (χ2n) is 7.65. The van der Waals surface area contributed by atoms with Crippen LogP contribution >= 0.6 is 11.8 Å². The van der Waals surface area contributed by atoms with Crippen LogP contribution in [0.15, 0.2) is 56.5 Å². The SMILES string of the molecule is CCCCCCCC1=NN2C(=N)C(=Cc3ccc(-c4ccccc4[N+](=O)[O-])o3)C(=O)N=C2S1. The van der Waals surface area contributed by atoms with Crippen LogP contribution in [0.1, 0.15) is 51.2 Å². The molecule has 4 rings (SSSR count). The summed E-state index contributed by atoms with van der Waals surface area (Å²) in [5.74, 6) is -0.0148. The Kier molecular flexibility index (Phi) is 6.83. The second-order valence-corrected chi connectivity index (χ2v) is 8.69. The Balaban J connectivity index is 1.51. The molecule has 2 aromatic rings. The number of hydrogen-bond acceptors (Lipinski definition) is 7. The Morgan fingerprint density at radius 3 is 2.76 bits per heavy atom. The predicted octanol–water partition coefficient (Wildman–Crippen LogP) is 5.83. The quantitative estimate of drug-likeness (QED) is 0.215.